The minimum absolute atomic E-state index is 0.165. The molecule has 0 aliphatic heterocycles. The Balaban J connectivity index is 3.03. The highest BCUT2D eigenvalue weighted by Gasteiger charge is 2.19. The second kappa shape index (κ2) is 5.84. The Labute approximate surface area is 112 Å². The first-order chi connectivity index (χ1) is 8.23. The van der Waals surface area contributed by atoms with Crippen molar-refractivity contribution in [2.24, 2.45) is 4.40 Å². The summed E-state index contributed by atoms with van der Waals surface area (Å²) < 4.78 is 40.1. The van der Waals surface area contributed by atoms with E-state index < -0.39 is 27.9 Å². The molecule has 0 fully saturated rings. The predicted molar refractivity (Wildman–Crippen MR) is 69.7 cm³/mol. The van der Waals surface area contributed by atoms with Crippen LogP contribution in [0.4, 0.5) is 8.78 Å². The van der Waals surface area contributed by atoms with Gasteiger partial charge >= 0.3 is 0 Å². The van der Waals surface area contributed by atoms with Gasteiger partial charge in [-0.25, -0.2) is 13.0 Å². The van der Waals surface area contributed by atoms with Crippen LogP contribution in [0.15, 0.2) is 16.7 Å². The van der Waals surface area contributed by atoms with Gasteiger partial charge in [-0.3, -0.25) is 4.98 Å². The molecule has 1 rings (SSSR count). The molecule has 0 amide bonds. The lowest BCUT2D eigenvalue weighted by atomic mass is 10.2. The average Bonchev–Trinajstić information content (AvgIpc) is 2.25. The predicted octanol–water partition coefficient (Wildman–Crippen LogP) is 3.55. The molecule has 0 N–H and O–H groups in total. The van der Waals surface area contributed by atoms with Crippen molar-refractivity contribution in [1.82, 2.24) is 4.98 Å². The second-order valence-electron chi connectivity index (χ2n) is 4.50. The van der Waals surface area contributed by atoms with E-state index in [1.165, 1.54) is 18.5 Å². The van der Waals surface area contributed by atoms with E-state index in [0.717, 1.165) is 0 Å². The van der Waals surface area contributed by atoms with Gasteiger partial charge in [0.15, 0.2) is 0 Å². The van der Waals surface area contributed by atoms with Gasteiger partial charge in [-0.05, 0) is 26.8 Å². The Morgan fingerprint density at radius 3 is 2.61 bits per heavy atom. The third kappa shape index (κ3) is 3.81. The van der Waals surface area contributed by atoms with Crippen molar-refractivity contribution in [3.8, 4) is 0 Å². The third-order valence-corrected chi connectivity index (χ3v) is 3.72. The Bertz CT molecular complexity index is 486. The fourth-order valence-corrected chi connectivity index (χ4v) is 1.76. The van der Waals surface area contributed by atoms with Crippen LogP contribution in [-0.4, -0.2) is 20.2 Å². The first-order valence-electron chi connectivity index (χ1n) is 5.12. The average molecular weight is 295 g/mol. The summed E-state index contributed by atoms with van der Waals surface area (Å²) in [5.74, 6) is 0. The zero-order valence-corrected chi connectivity index (χ0v) is 11.7. The molecule has 1 aromatic heterocycles. The van der Waals surface area contributed by atoms with E-state index in [9.17, 15) is 13.0 Å². The lowest BCUT2D eigenvalue weighted by molar-refractivity contribution is 0.146. The molecule has 0 spiro atoms. The van der Waals surface area contributed by atoms with E-state index in [0.29, 0.717) is 0 Å². The molecule has 0 radical (unpaired) electrons. The Morgan fingerprint density at radius 2 is 2.11 bits per heavy atom. The number of hydrogen-bond donors (Lipinski definition) is 0. The summed E-state index contributed by atoms with van der Waals surface area (Å²) in [6, 6.07) is 1.44. The van der Waals surface area contributed by atoms with Crippen LogP contribution in [0, 0.1) is 0 Å². The van der Waals surface area contributed by atoms with Gasteiger partial charge in [0, 0.05) is 18.0 Å². The number of pyridine rings is 1. The maximum atomic E-state index is 12.5. The van der Waals surface area contributed by atoms with Gasteiger partial charge in [0.2, 0.25) is 0 Å². The topological polar surface area (TPSA) is 42.3 Å². The van der Waals surface area contributed by atoms with E-state index in [2.05, 4.69) is 9.38 Å². The molecule has 1 aromatic rings. The molecule has 1 atom stereocenters. The van der Waals surface area contributed by atoms with Gasteiger partial charge in [-0.2, -0.15) is 4.40 Å². The highest BCUT2D eigenvalue weighted by molar-refractivity contribution is 7.85. The molecule has 3 nitrogen and oxygen atoms in total. The fourth-order valence-electron chi connectivity index (χ4n) is 0.990. The van der Waals surface area contributed by atoms with Gasteiger partial charge in [-0.15, -0.1) is 0 Å². The summed E-state index contributed by atoms with van der Waals surface area (Å²) >= 11 is 5.77. The summed E-state index contributed by atoms with van der Waals surface area (Å²) in [5, 5.41) is -0.165. The molecule has 0 saturated heterocycles. The van der Waals surface area contributed by atoms with Crippen molar-refractivity contribution in [3.63, 3.8) is 0 Å². The van der Waals surface area contributed by atoms with Crippen molar-refractivity contribution in [1.29, 1.82) is 0 Å². The van der Waals surface area contributed by atoms with Crippen molar-refractivity contribution >= 4 is 28.8 Å². The van der Waals surface area contributed by atoms with Crippen LogP contribution in [0.5, 0.6) is 0 Å². The van der Waals surface area contributed by atoms with Gasteiger partial charge < -0.3 is 0 Å². The molecule has 100 valence electrons. The van der Waals surface area contributed by atoms with E-state index >= 15 is 0 Å². The number of aromatic nitrogens is 1. The molecule has 0 saturated carbocycles. The maximum Gasteiger partial charge on any atom is 0.281 e. The molecule has 0 bridgehead atoms. The smallest absolute Gasteiger partial charge is 0.254 e. The molecule has 1 heterocycles. The first-order valence-corrected chi connectivity index (χ1v) is 6.60. The van der Waals surface area contributed by atoms with Crippen LogP contribution < -0.4 is 0 Å². The van der Waals surface area contributed by atoms with Gasteiger partial charge in [0.1, 0.15) is 16.7 Å². The second-order valence-corrected chi connectivity index (χ2v) is 6.81. The minimum Gasteiger partial charge on any atom is -0.254 e. The van der Waals surface area contributed by atoms with Gasteiger partial charge in [-0.1, -0.05) is 11.6 Å². The standard InChI is InChI=1S/C11H13ClF2N2OS/c1-11(2,3)18(17)16-6-7-4-5-15-9(8(7)12)10(13)14/h4-6,10H,1-3H3. The first kappa shape index (κ1) is 15.2. The summed E-state index contributed by atoms with van der Waals surface area (Å²) in [6.07, 6.45) is -0.301. The van der Waals surface area contributed by atoms with Gasteiger partial charge in [0.05, 0.1) is 9.77 Å². The Kier molecular flexibility index (Phi) is 4.92. The van der Waals surface area contributed by atoms with Crippen LogP contribution in [0.3, 0.4) is 0 Å². The third-order valence-electron chi connectivity index (χ3n) is 1.96. The summed E-state index contributed by atoms with van der Waals surface area (Å²) in [5.41, 5.74) is -0.221. The van der Waals surface area contributed by atoms with Gasteiger partial charge in [0.25, 0.3) is 6.43 Å². The highest BCUT2D eigenvalue weighted by atomic mass is 35.5. The van der Waals surface area contributed by atoms with Crippen LogP contribution in [0.25, 0.3) is 0 Å². The number of nitrogens with zero attached hydrogens (tertiary/aromatic N) is 2. The minimum atomic E-state index is -2.75. The zero-order chi connectivity index (χ0) is 13.9. The lowest BCUT2D eigenvalue weighted by Gasteiger charge is -2.12. The number of hydrogen-bond acceptors (Lipinski definition) is 2. The quantitative estimate of drug-likeness (QED) is 0.800. The van der Waals surface area contributed by atoms with Crippen molar-refractivity contribution in [2.45, 2.75) is 31.9 Å². The van der Waals surface area contributed by atoms with E-state index in [4.69, 9.17) is 11.6 Å². The molecule has 7 heteroatoms. The van der Waals surface area contributed by atoms with Crippen molar-refractivity contribution < 1.29 is 13.0 Å². The fraction of sp³-hybridized carbons (Fsp3) is 0.455. The van der Waals surface area contributed by atoms with E-state index in [1.54, 1.807) is 20.8 Å². The van der Waals surface area contributed by atoms with Crippen LogP contribution >= 0.6 is 11.6 Å². The van der Waals surface area contributed by atoms with E-state index in [1.807, 2.05) is 0 Å². The number of rotatable bonds is 3. The highest BCUT2D eigenvalue weighted by Crippen LogP contribution is 2.26. The monoisotopic (exact) mass is 294 g/mol. The Morgan fingerprint density at radius 1 is 1.50 bits per heavy atom. The molecule has 0 aliphatic carbocycles. The van der Waals surface area contributed by atoms with Crippen molar-refractivity contribution in [2.75, 3.05) is 0 Å². The molecular weight excluding hydrogens is 282 g/mol. The largest absolute Gasteiger partial charge is 0.281 e. The Hall–Kier alpha value is -0.880. The normalized spacial score (nSPS) is 14.4. The summed E-state index contributed by atoms with van der Waals surface area (Å²) in [4.78, 5) is 3.49. The number of halogens is 3. The van der Waals surface area contributed by atoms with E-state index in [-0.39, 0.29) is 10.6 Å². The van der Waals surface area contributed by atoms with Crippen LogP contribution in [0.1, 0.15) is 38.5 Å². The summed E-state index contributed by atoms with van der Waals surface area (Å²) in [7, 11) is -1.46. The summed E-state index contributed by atoms with van der Waals surface area (Å²) in [6.45, 7) is 5.29. The van der Waals surface area contributed by atoms with Crippen LogP contribution in [-0.2, 0) is 11.0 Å². The molecule has 1 unspecified atom stereocenters. The number of alkyl halides is 2. The SMILES string of the molecule is CC(C)(C)S(=O)N=Cc1ccnc(C(F)F)c1Cl. The zero-order valence-electron chi connectivity index (χ0n) is 10.2. The maximum absolute atomic E-state index is 12.5. The van der Waals surface area contributed by atoms with Crippen LogP contribution in [0.2, 0.25) is 5.02 Å². The molecular formula is C11H13ClF2N2OS. The molecule has 0 aromatic carbocycles. The lowest BCUT2D eigenvalue weighted by Crippen LogP contribution is -2.19. The van der Waals surface area contributed by atoms with Crippen molar-refractivity contribution in [3.05, 3.63) is 28.5 Å². The molecule has 18 heavy (non-hydrogen) atoms. The molecule has 0 aliphatic rings.